The minimum absolute atomic E-state index is 0.00222. The lowest BCUT2D eigenvalue weighted by molar-refractivity contribution is 0.122. The molecule has 0 amide bonds. The molecule has 1 unspecified atom stereocenters. The van der Waals surface area contributed by atoms with E-state index in [2.05, 4.69) is 9.97 Å². The molecule has 1 aliphatic rings. The molecule has 0 N–H and O–H groups in total. The Balaban J connectivity index is 1.45. The van der Waals surface area contributed by atoms with Gasteiger partial charge in [-0.1, -0.05) is 24.3 Å². The first kappa shape index (κ1) is 29.5. The van der Waals surface area contributed by atoms with E-state index in [4.69, 9.17) is 14.3 Å². The highest BCUT2D eigenvalue weighted by molar-refractivity contribution is 5.99. The number of ether oxygens (including phenoxy) is 1. The van der Waals surface area contributed by atoms with Gasteiger partial charge in [0.2, 0.25) is 5.43 Å². The predicted molar refractivity (Wildman–Crippen MR) is 170 cm³/mol. The van der Waals surface area contributed by atoms with Crippen LogP contribution in [0.4, 0.5) is 24.7 Å². The lowest BCUT2D eigenvalue weighted by atomic mass is 9.99. The summed E-state index contributed by atoms with van der Waals surface area (Å²) >= 11 is 0. The molecule has 1 atom stereocenters. The monoisotopic (exact) mass is 626 g/mol. The fourth-order valence-corrected chi connectivity index (χ4v) is 6.02. The van der Waals surface area contributed by atoms with E-state index in [9.17, 15) is 13.6 Å². The number of anilines is 2. The van der Waals surface area contributed by atoms with Crippen molar-refractivity contribution < 1.29 is 22.3 Å². The molecule has 0 spiro atoms. The van der Waals surface area contributed by atoms with Crippen molar-refractivity contribution in [1.82, 2.24) is 19.7 Å². The van der Waals surface area contributed by atoms with Crippen LogP contribution in [0.2, 0.25) is 0 Å². The minimum atomic E-state index is -0.808. The average molecular weight is 627 g/mol. The van der Waals surface area contributed by atoms with Gasteiger partial charge in [0.1, 0.15) is 58.1 Å². The standard InChI is InChI=1S/C34H29F3N6O3/c1-19(32-27(20-6-4-7-22(35)16-20)31(44)28-23(36)8-5-9-26(28)46-32)43-34-29(33(41(2)3)38-18-39-34)30(40-43)21-10-11-25(24(37)17-21)42-12-14-45-15-13-42/h4-11,16-19H,12-15H2,1-3H3. The second-order valence-corrected chi connectivity index (χ2v) is 11.3. The van der Waals surface area contributed by atoms with E-state index >= 15 is 4.39 Å². The molecule has 12 heteroatoms. The zero-order valence-corrected chi connectivity index (χ0v) is 25.3. The maximum Gasteiger partial charge on any atom is 0.203 e. The van der Waals surface area contributed by atoms with Gasteiger partial charge in [-0.05, 0) is 48.9 Å². The number of rotatable bonds is 6. The van der Waals surface area contributed by atoms with E-state index in [1.54, 1.807) is 34.7 Å². The number of benzene rings is 3. The van der Waals surface area contributed by atoms with Gasteiger partial charge in [-0.15, -0.1) is 0 Å². The van der Waals surface area contributed by atoms with Crippen molar-refractivity contribution in [3.8, 4) is 22.4 Å². The van der Waals surface area contributed by atoms with Crippen LogP contribution in [0.5, 0.6) is 0 Å². The summed E-state index contributed by atoms with van der Waals surface area (Å²) in [5.41, 5.74) is 1.39. The van der Waals surface area contributed by atoms with E-state index < -0.39 is 28.9 Å². The van der Waals surface area contributed by atoms with Gasteiger partial charge in [-0.2, -0.15) is 5.10 Å². The van der Waals surface area contributed by atoms with Crippen LogP contribution >= 0.6 is 0 Å². The van der Waals surface area contributed by atoms with E-state index in [0.717, 1.165) is 0 Å². The molecule has 3 aromatic heterocycles. The fraction of sp³-hybridized carbons (Fsp3) is 0.235. The Morgan fingerprint density at radius 1 is 0.891 bits per heavy atom. The summed E-state index contributed by atoms with van der Waals surface area (Å²) < 4.78 is 58.3. The third-order valence-electron chi connectivity index (χ3n) is 8.22. The molecule has 4 heterocycles. The molecule has 0 bridgehead atoms. The predicted octanol–water partition coefficient (Wildman–Crippen LogP) is 6.20. The Morgan fingerprint density at radius 3 is 2.41 bits per heavy atom. The van der Waals surface area contributed by atoms with Crippen LogP contribution in [-0.4, -0.2) is 60.1 Å². The Bertz CT molecular complexity index is 2170. The summed E-state index contributed by atoms with van der Waals surface area (Å²) in [6.07, 6.45) is 1.40. The van der Waals surface area contributed by atoms with Gasteiger partial charge in [0.05, 0.1) is 29.9 Å². The van der Waals surface area contributed by atoms with Gasteiger partial charge in [0, 0.05) is 32.7 Å². The molecule has 0 radical (unpaired) electrons. The van der Waals surface area contributed by atoms with Crippen molar-refractivity contribution >= 4 is 33.5 Å². The lowest BCUT2D eigenvalue weighted by Gasteiger charge is -2.29. The maximum atomic E-state index is 15.6. The Hall–Kier alpha value is -5.23. The number of nitrogens with zero attached hydrogens (tertiary/aromatic N) is 6. The molecule has 6 aromatic rings. The smallest absolute Gasteiger partial charge is 0.203 e. The van der Waals surface area contributed by atoms with Crippen molar-refractivity contribution in [2.24, 2.45) is 0 Å². The van der Waals surface area contributed by atoms with Gasteiger partial charge in [0.25, 0.3) is 0 Å². The van der Waals surface area contributed by atoms with Crippen LogP contribution < -0.4 is 15.2 Å². The third kappa shape index (κ3) is 4.94. The number of fused-ring (bicyclic) bond motifs is 2. The van der Waals surface area contributed by atoms with Crippen LogP contribution in [0, 0.1) is 17.5 Å². The SMILES string of the molecule is CC(c1oc2cccc(F)c2c(=O)c1-c1cccc(F)c1)n1nc(-c2ccc(N3CCOCC3)c(F)c2)c2c(N(C)C)ncnc21. The number of hydrogen-bond donors (Lipinski definition) is 0. The van der Waals surface area contributed by atoms with Crippen LogP contribution in [0.25, 0.3) is 44.4 Å². The molecular weight excluding hydrogens is 597 g/mol. The fourth-order valence-electron chi connectivity index (χ4n) is 6.02. The molecule has 9 nitrogen and oxygen atoms in total. The van der Waals surface area contributed by atoms with Crippen LogP contribution in [-0.2, 0) is 4.74 Å². The zero-order chi connectivity index (χ0) is 32.1. The van der Waals surface area contributed by atoms with Crippen LogP contribution in [0.3, 0.4) is 0 Å². The molecular formula is C34H29F3N6O3. The maximum absolute atomic E-state index is 15.6. The number of hydrogen-bond acceptors (Lipinski definition) is 8. The largest absolute Gasteiger partial charge is 0.458 e. The second-order valence-electron chi connectivity index (χ2n) is 11.3. The van der Waals surface area contributed by atoms with Gasteiger partial charge >= 0.3 is 0 Å². The van der Waals surface area contributed by atoms with E-state index in [1.165, 1.54) is 48.8 Å². The van der Waals surface area contributed by atoms with E-state index in [-0.39, 0.29) is 27.9 Å². The van der Waals surface area contributed by atoms with Crippen LogP contribution in [0.1, 0.15) is 18.7 Å². The molecule has 7 rings (SSSR count). The van der Waals surface area contributed by atoms with Crippen LogP contribution in [0.15, 0.2) is 76.2 Å². The first-order chi connectivity index (χ1) is 22.2. The number of morpholine rings is 1. The Kier molecular flexibility index (Phi) is 7.44. The Labute approximate surface area is 261 Å². The summed E-state index contributed by atoms with van der Waals surface area (Å²) in [6, 6.07) is 13.8. The van der Waals surface area contributed by atoms with Gasteiger partial charge in [0.15, 0.2) is 5.65 Å². The van der Waals surface area contributed by atoms with Gasteiger partial charge in [-0.25, -0.2) is 27.8 Å². The molecule has 3 aromatic carbocycles. The first-order valence-electron chi connectivity index (χ1n) is 14.8. The topological polar surface area (TPSA) is 89.5 Å². The van der Waals surface area contributed by atoms with Crippen molar-refractivity contribution in [2.75, 3.05) is 50.2 Å². The molecule has 46 heavy (non-hydrogen) atoms. The van der Waals surface area contributed by atoms with Crippen molar-refractivity contribution in [2.45, 2.75) is 13.0 Å². The Morgan fingerprint density at radius 2 is 1.67 bits per heavy atom. The molecule has 0 aliphatic carbocycles. The summed E-state index contributed by atoms with van der Waals surface area (Å²) in [5.74, 6) is -1.05. The van der Waals surface area contributed by atoms with E-state index in [0.29, 0.717) is 60.1 Å². The van der Waals surface area contributed by atoms with Gasteiger partial charge < -0.3 is 19.0 Å². The zero-order valence-electron chi connectivity index (χ0n) is 25.3. The summed E-state index contributed by atoms with van der Waals surface area (Å²) in [6.45, 7) is 3.96. The molecule has 234 valence electrons. The average Bonchev–Trinajstić information content (AvgIpc) is 3.44. The summed E-state index contributed by atoms with van der Waals surface area (Å²) in [4.78, 5) is 26.7. The van der Waals surface area contributed by atoms with Crippen molar-refractivity contribution in [1.29, 1.82) is 0 Å². The summed E-state index contributed by atoms with van der Waals surface area (Å²) in [5, 5.41) is 5.23. The lowest BCUT2D eigenvalue weighted by Crippen LogP contribution is -2.36. The highest BCUT2D eigenvalue weighted by atomic mass is 19.1. The number of aromatic nitrogens is 4. The summed E-state index contributed by atoms with van der Waals surface area (Å²) in [7, 11) is 3.65. The van der Waals surface area contributed by atoms with Crippen molar-refractivity contribution in [3.05, 3.63) is 100 Å². The minimum Gasteiger partial charge on any atom is -0.458 e. The van der Waals surface area contributed by atoms with Gasteiger partial charge in [-0.3, -0.25) is 4.79 Å². The number of halogens is 3. The molecule has 1 saturated heterocycles. The second kappa shape index (κ2) is 11.6. The molecule has 1 aliphatic heterocycles. The molecule has 1 fully saturated rings. The highest BCUT2D eigenvalue weighted by Crippen LogP contribution is 2.38. The third-order valence-corrected chi connectivity index (χ3v) is 8.22. The van der Waals surface area contributed by atoms with E-state index in [1.807, 2.05) is 19.0 Å². The quantitative estimate of drug-likeness (QED) is 0.216. The highest BCUT2D eigenvalue weighted by Gasteiger charge is 2.29. The first-order valence-corrected chi connectivity index (χ1v) is 14.8. The van der Waals surface area contributed by atoms with Crippen molar-refractivity contribution in [3.63, 3.8) is 0 Å². The normalized spacial score (nSPS) is 14.3. The molecule has 0 saturated carbocycles.